The van der Waals surface area contributed by atoms with Gasteiger partial charge >= 0.3 is 0 Å². The minimum absolute atomic E-state index is 0.143. The van der Waals surface area contributed by atoms with E-state index < -0.39 is 0 Å². The molecule has 0 aromatic carbocycles. The largest absolute Gasteiger partial charge is 0.383 e. The number of fused-ring (bicyclic) bond motifs is 1. The average Bonchev–Trinajstić information content (AvgIpc) is 3.00. The van der Waals surface area contributed by atoms with E-state index in [-0.39, 0.29) is 5.91 Å². The Labute approximate surface area is 121 Å². The molecule has 2 heterocycles. The molecule has 0 radical (unpaired) electrons. The molecule has 5 nitrogen and oxygen atoms in total. The first kappa shape index (κ1) is 13.1. The Bertz CT molecular complexity index is 616. The maximum absolute atomic E-state index is 12.3. The average molecular weight is 288 g/mol. The molecule has 104 valence electrons. The van der Waals surface area contributed by atoms with Crippen molar-refractivity contribution >= 4 is 28.1 Å². The summed E-state index contributed by atoms with van der Waals surface area (Å²) in [6.45, 7) is 2.73. The number of carbonyl (C=O) groups excluding carboxylic acids is 1. The van der Waals surface area contributed by atoms with Gasteiger partial charge in [-0.2, -0.15) is 0 Å². The lowest BCUT2D eigenvalue weighted by Gasteiger charge is -2.09. The molecule has 1 aliphatic carbocycles. The lowest BCUT2D eigenvalue weighted by Crippen LogP contribution is -2.15. The summed E-state index contributed by atoms with van der Waals surface area (Å²) in [5.74, 6) is -0.143. The molecule has 1 aliphatic rings. The van der Waals surface area contributed by atoms with E-state index in [4.69, 9.17) is 0 Å². The zero-order valence-electron chi connectivity index (χ0n) is 11.3. The molecule has 0 atom stereocenters. The number of aryl methyl sites for hydroxylation is 2. The van der Waals surface area contributed by atoms with Gasteiger partial charge in [-0.05, 0) is 32.3 Å². The standard InChI is InChI=1S/C14H16N4OS/c1-2-16-11-8-15-7-6-9(11)13(19)18-14-17-10-4-3-5-12(10)20-14/h6-8,16H,2-5H2,1H3,(H,17,18,19). The molecule has 2 N–H and O–H groups in total. The van der Waals surface area contributed by atoms with Crippen LogP contribution in [0.2, 0.25) is 0 Å². The van der Waals surface area contributed by atoms with Crippen LogP contribution in [0.5, 0.6) is 0 Å². The van der Waals surface area contributed by atoms with Crippen LogP contribution in [0.1, 0.15) is 34.3 Å². The minimum atomic E-state index is -0.143. The van der Waals surface area contributed by atoms with E-state index in [1.807, 2.05) is 6.92 Å². The highest BCUT2D eigenvalue weighted by molar-refractivity contribution is 7.16. The summed E-state index contributed by atoms with van der Waals surface area (Å²) >= 11 is 1.59. The van der Waals surface area contributed by atoms with Crippen molar-refractivity contribution < 1.29 is 4.79 Å². The Kier molecular flexibility index (Phi) is 3.64. The second-order valence-corrected chi connectivity index (χ2v) is 5.73. The second-order valence-electron chi connectivity index (χ2n) is 4.65. The topological polar surface area (TPSA) is 66.9 Å². The van der Waals surface area contributed by atoms with Crippen LogP contribution in [0.4, 0.5) is 10.8 Å². The Morgan fingerprint density at radius 3 is 3.15 bits per heavy atom. The van der Waals surface area contributed by atoms with E-state index in [1.54, 1.807) is 29.8 Å². The van der Waals surface area contributed by atoms with Gasteiger partial charge in [0.25, 0.3) is 5.91 Å². The second kappa shape index (κ2) is 5.58. The number of rotatable bonds is 4. The van der Waals surface area contributed by atoms with Gasteiger partial charge in [-0.15, -0.1) is 11.3 Å². The summed E-state index contributed by atoms with van der Waals surface area (Å²) in [5.41, 5.74) is 2.49. The number of aromatic nitrogens is 2. The number of amides is 1. The van der Waals surface area contributed by atoms with Crippen molar-refractivity contribution in [1.29, 1.82) is 0 Å². The van der Waals surface area contributed by atoms with Gasteiger partial charge in [-0.1, -0.05) is 0 Å². The van der Waals surface area contributed by atoms with E-state index in [0.29, 0.717) is 10.7 Å². The molecule has 0 unspecified atom stereocenters. The van der Waals surface area contributed by atoms with E-state index in [1.165, 1.54) is 11.3 Å². The van der Waals surface area contributed by atoms with Crippen LogP contribution in [0.25, 0.3) is 0 Å². The van der Waals surface area contributed by atoms with Crippen LogP contribution < -0.4 is 10.6 Å². The van der Waals surface area contributed by atoms with Crippen molar-refractivity contribution in [3.8, 4) is 0 Å². The number of thiazole rings is 1. The summed E-state index contributed by atoms with van der Waals surface area (Å²) in [4.78, 5) is 22.2. The van der Waals surface area contributed by atoms with Gasteiger partial charge in [-0.3, -0.25) is 15.1 Å². The van der Waals surface area contributed by atoms with Gasteiger partial charge in [0.2, 0.25) is 0 Å². The minimum Gasteiger partial charge on any atom is -0.383 e. The van der Waals surface area contributed by atoms with Crippen LogP contribution >= 0.6 is 11.3 Å². The highest BCUT2D eigenvalue weighted by Crippen LogP contribution is 2.30. The maximum atomic E-state index is 12.3. The number of carbonyl (C=O) groups is 1. The molecule has 3 rings (SSSR count). The summed E-state index contributed by atoms with van der Waals surface area (Å²) in [5, 5.41) is 6.72. The smallest absolute Gasteiger partial charge is 0.259 e. The van der Waals surface area contributed by atoms with Gasteiger partial charge in [0.15, 0.2) is 5.13 Å². The third-order valence-corrected chi connectivity index (χ3v) is 4.32. The van der Waals surface area contributed by atoms with Gasteiger partial charge < -0.3 is 5.32 Å². The molecule has 1 amide bonds. The molecule has 2 aromatic heterocycles. The molecule has 20 heavy (non-hydrogen) atoms. The molecule has 0 bridgehead atoms. The van der Waals surface area contributed by atoms with E-state index >= 15 is 0 Å². The molecule has 2 aromatic rings. The fourth-order valence-corrected chi connectivity index (χ4v) is 3.38. The Balaban J connectivity index is 1.78. The lowest BCUT2D eigenvalue weighted by molar-refractivity contribution is 0.102. The third kappa shape index (κ3) is 2.51. The monoisotopic (exact) mass is 288 g/mol. The SMILES string of the molecule is CCNc1cnccc1C(=O)Nc1nc2c(s1)CCC2. The number of anilines is 2. The van der Waals surface area contributed by atoms with E-state index in [2.05, 4.69) is 20.6 Å². The predicted molar refractivity (Wildman–Crippen MR) is 80.5 cm³/mol. The first-order valence-corrected chi connectivity index (χ1v) is 7.57. The number of nitrogens with zero attached hydrogens (tertiary/aromatic N) is 2. The molecule has 6 heteroatoms. The van der Waals surface area contributed by atoms with Crippen LogP contribution in [-0.2, 0) is 12.8 Å². The quantitative estimate of drug-likeness (QED) is 0.907. The van der Waals surface area contributed by atoms with Crippen molar-refractivity contribution in [2.24, 2.45) is 0 Å². The molecule has 0 spiro atoms. The van der Waals surface area contributed by atoms with Crippen molar-refractivity contribution in [2.45, 2.75) is 26.2 Å². The predicted octanol–water partition coefficient (Wildman–Crippen LogP) is 2.71. The number of nitrogens with one attached hydrogen (secondary N) is 2. The highest BCUT2D eigenvalue weighted by atomic mass is 32.1. The number of hydrogen-bond acceptors (Lipinski definition) is 5. The van der Waals surface area contributed by atoms with Gasteiger partial charge in [0.05, 0.1) is 23.1 Å². The van der Waals surface area contributed by atoms with Gasteiger partial charge in [0.1, 0.15) is 0 Å². The van der Waals surface area contributed by atoms with E-state index in [0.717, 1.165) is 30.8 Å². The first-order valence-electron chi connectivity index (χ1n) is 6.75. The molecular formula is C14H16N4OS. The first-order chi connectivity index (χ1) is 9.78. The van der Waals surface area contributed by atoms with Crippen molar-refractivity contribution in [1.82, 2.24) is 9.97 Å². The third-order valence-electron chi connectivity index (χ3n) is 3.25. The fraction of sp³-hybridized carbons (Fsp3) is 0.357. The van der Waals surface area contributed by atoms with Gasteiger partial charge in [-0.25, -0.2) is 4.98 Å². The maximum Gasteiger partial charge on any atom is 0.259 e. The summed E-state index contributed by atoms with van der Waals surface area (Å²) in [6.07, 6.45) is 6.58. The molecule has 0 saturated carbocycles. The molecule has 0 aliphatic heterocycles. The Hall–Kier alpha value is -1.95. The zero-order valence-corrected chi connectivity index (χ0v) is 12.1. The zero-order chi connectivity index (χ0) is 13.9. The normalized spacial score (nSPS) is 13.1. The highest BCUT2D eigenvalue weighted by Gasteiger charge is 2.19. The number of hydrogen-bond donors (Lipinski definition) is 2. The van der Waals surface area contributed by atoms with Gasteiger partial charge in [0, 0.05) is 17.6 Å². The molecule has 0 saturated heterocycles. The Morgan fingerprint density at radius 1 is 1.45 bits per heavy atom. The van der Waals surface area contributed by atoms with Crippen molar-refractivity contribution in [2.75, 3.05) is 17.2 Å². The van der Waals surface area contributed by atoms with Crippen LogP contribution in [0.3, 0.4) is 0 Å². The van der Waals surface area contributed by atoms with Crippen LogP contribution in [0.15, 0.2) is 18.5 Å². The summed E-state index contributed by atoms with van der Waals surface area (Å²) in [7, 11) is 0. The number of pyridine rings is 1. The fourth-order valence-electron chi connectivity index (χ4n) is 2.33. The molecule has 0 fully saturated rings. The van der Waals surface area contributed by atoms with E-state index in [9.17, 15) is 4.79 Å². The summed E-state index contributed by atoms with van der Waals surface area (Å²) < 4.78 is 0. The van der Waals surface area contributed by atoms with Crippen LogP contribution in [-0.4, -0.2) is 22.4 Å². The van der Waals surface area contributed by atoms with Crippen molar-refractivity contribution in [3.63, 3.8) is 0 Å². The Morgan fingerprint density at radius 2 is 2.35 bits per heavy atom. The summed E-state index contributed by atoms with van der Waals surface area (Å²) in [6, 6.07) is 1.72. The van der Waals surface area contributed by atoms with Crippen molar-refractivity contribution in [3.05, 3.63) is 34.6 Å². The van der Waals surface area contributed by atoms with Crippen LogP contribution in [0, 0.1) is 0 Å². The lowest BCUT2D eigenvalue weighted by atomic mass is 10.2. The molecular weight excluding hydrogens is 272 g/mol.